The number of amides is 1. The molecule has 6 nitrogen and oxygen atoms in total. The molecule has 0 spiro atoms. The quantitative estimate of drug-likeness (QED) is 0.889. The zero-order valence-electron chi connectivity index (χ0n) is 11.2. The summed E-state index contributed by atoms with van der Waals surface area (Å²) in [5.74, 6) is -0.720. The Morgan fingerprint density at radius 1 is 1.40 bits per heavy atom. The third-order valence-electron chi connectivity index (χ3n) is 3.85. The smallest absolute Gasteiger partial charge is 0.408 e. The summed E-state index contributed by atoms with van der Waals surface area (Å²) in [5, 5.41) is 9.91. The summed E-state index contributed by atoms with van der Waals surface area (Å²) in [7, 11) is 0. The first kappa shape index (κ1) is 12.9. The molecule has 0 atom stereocenters. The Bertz CT molecular complexity index is 709. The lowest BCUT2D eigenvalue weighted by Crippen LogP contribution is -2.63. The van der Waals surface area contributed by atoms with Gasteiger partial charge in [-0.25, -0.2) is 4.79 Å². The normalized spacial score (nSPS) is 17.2. The molecule has 1 aromatic carbocycles. The topological polar surface area (TPSA) is 75.7 Å². The maximum absolute atomic E-state index is 12.1. The van der Waals surface area contributed by atoms with Gasteiger partial charge in [-0.3, -0.25) is 9.36 Å². The average molecular weight is 276 g/mol. The Labute approximate surface area is 115 Å². The minimum atomic E-state index is -0.765. The van der Waals surface area contributed by atoms with E-state index in [4.69, 9.17) is 4.42 Å². The lowest BCUT2D eigenvalue weighted by atomic mass is 9.91. The molecule has 0 saturated carbocycles. The van der Waals surface area contributed by atoms with Crippen molar-refractivity contribution in [1.29, 1.82) is 0 Å². The van der Waals surface area contributed by atoms with Crippen molar-refractivity contribution in [2.45, 2.75) is 25.5 Å². The molecule has 106 valence electrons. The molecule has 2 heterocycles. The summed E-state index contributed by atoms with van der Waals surface area (Å²) in [6.07, 6.45) is 0.616. The van der Waals surface area contributed by atoms with Crippen molar-refractivity contribution in [3.05, 3.63) is 34.8 Å². The number of fused-ring (bicyclic) bond motifs is 1. The molecule has 1 aliphatic heterocycles. The standard InChI is InChI=1S/C14H16N2O4/c1-2-14(19)8-15(9-14)12(17)7-16-10-5-3-4-6-11(10)20-13(16)18/h3-6,19H,2,7-9H2,1H3. The summed E-state index contributed by atoms with van der Waals surface area (Å²) in [6, 6.07) is 7.00. The summed E-state index contributed by atoms with van der Waals surface area (Å²) >= 11 is 0. The highest BCUT2D eigenvalue weighted by molar-refractivity contribution is 5.80. The molecule has 20 heavy (non-hydrogen) atoms. The first-order valence-electron chi connectivity index (χ1n) is 6.61. The predicted octanol–water partition coefficient (Wildman–Crippen LogP) is 0.578. The molecule has 2 aromatic rings. The molecule has 6 heteroatoms. The van der Waals surface area contributed by atoms with Crippen LogP contribution in [-0.2, 0) is 11.3 Å². The molecule has 1 saturated heterocycles. The van der Waals surface area contributed by atoms with Gasteiger partial charge in [0.2, 0.25) is 5.91 Å². The summed E-state index contributed by atoms with van der Waals surface area (Å²) in [6.45, 7) is 2.48. The van der Waals surface area contributed by atoms with E-state index < -0.39 is 11.4 Å². The zero-order valence-corrected chi connectivity index (χ0v) is 11.2. The van der Waals surface area contributed by atoms with Crippen molar-refractivity contribution in [3.63, 3.8) is 0 Å². The van der Waals surface area contributed by atoms with E-state index in [1.165, 1.54) is 4.57 Å². The first-order valence-corrected chi connectivity index (χ1v) is 6.61. The number of carbonyl (C=O) groups is 1. The number of nitrogens with zero attached hydrogens (tertiary/aromatic N) is 2. The van der Waals surface area contributed by atoms with Crippen molar-refractivity contribution >= 4 is 17.0 Å². The number of β-amino-alcohol motifs (C(OH)–C–C–N with tert-alkyl or cyclic N) is 1. The Morgan fingerprint density at radius 2 is 2.10 bits per heavy atom. The molecule has 1 N–H and O–H groups in total. The number of rotatable bonds is 3. The van der Waals surface area contributed by atoms with Gasteiger partial charge >= 0.3 is 5.76 Å². The molecule has 0 bridgehead atoms. The van der Waals surface area contributed by atoms with Crippen LogP contribution in [-0.4, -0.2) is 39.2 Å². The molecular weight excluding hydrogens is 260 g/mol. The molecule has 1 amide bonds. The van der Waals surface area contributed by atoms with Gasteiger partial charge in [0.05, 0.1) is 24.2 Å². The van der Waals surface area contributed by atoms with Gasteiger partial charge in [-0.05, 0) is 18.6 Å². The van der Waals surface area contributed by atoms with E-state index in [2.05, 4.69) is 0 Å². The molecule has 1 fully saturated rings. The average Bonchev–Trinajstić information content (AvgIpc) is 2.71. The van der Waals surface area contributed by atoms with Gasteiger partial charge < -0.3 is 14.4 Å². The van der Waals surface area contributed by atoms with E-state index in [1.54, 1.807) is 29.2 Å². The second-order valence-electron chi connectivity index (χ2n) is 5.25. The van der Waals surface area contributed by atoms with Crippen LogP contribution in [0.15, 0.2) is 33.5 Å². The highest BCUT2D eigenvalue weighted by atomic mass is 16.4. The number of oxazole rings is 1. The second kappa shape index (κ2) is 4.49. The van der Waals surface area contributed by atoms with Crippen LogP contribution in [0.25, 0.3) is 11.1 Å². The van der Waals surface area contributed by atoms with Crippen molar-refractivity contribution in [2.24, 2.45) is 0 Å². The minimum Gasteiger partial charge on any atom is -0.408 e. The van der Waals surface area contributed by atoms with E-state index in [0.717, 1.165) is 0 Å². The number of hydrogen-bond donors (Lipinski definition) is 1. The van der Waals surface area contributed by atoms with Crippen molar-refractivity contribution < 1.29 is 14.3 Å². The number of aromatic nitrogens is 1. The third kappa shape index (κ3) is 2.02. The van der Waals surface area contributed by atoms with Gasteiger partial charge in [-0.15, -0.1) is 0 Å². The Kier molecular flexibility index (Phi) is 2.90. The molecule has 0 radical (unpaired) electrons. The fourth-order valence-corrected chi connectivity index (χ4v) is 2.46. The van der Waals surface area contributed by atoms with Gasteiger partial charge in [0.15, 0.2) is 5.58 Å². The van der Waals surface area contributed by atoms with E-state index in [-0.39, 0.29) is 12.5 Å². The molecular formula is C14H16N2O4. The van der Waals surface area contributed by atoms with E-state index in [9.17, 15) is 14.7 Å². The Morgan fingerprint density at radius 3 is 2.80 bits per heavy atom. The molecule has 3 rings (SSSR count). The van der Waals surface area contributed by atoms with Gasteiger partial charge in [-0.2, -0.15) is 0 Å². The number of hydrogen-bond acceptors (Lipinski definition) is 4. The van der Waals surface area contributed by atoms with Gasteiger partial charge in [0, 0.05) is 0 Å². The maximum atomic E-state index is 12.1. The Balaban J connectivity index is 1.79. The number of carbonyl (C=O) groups excluding carboxylic acids is 1. The minimum absolute atomic E-state index is 0.0599. The summed E-state index contributed by atoms with van der Waals surface area (Å²) in [5.41, 5.74) is 0.315. The first-order chi connectivity index (χ1) is 9.52. The van der Waals surface area contributed by atoms with Crippen molar-refractivity contribution in [3.8, 4) is 0 Å². The van der Waals surface area contributed by atoms with Gasteiger partial charge in [-0.1, -0.05) is 19.1 Å². The van der Waals surface area contributed by atoms with Gasteiger partial charge in [0.25, 0.3) is 0 Å². The van der Waals surface area contributed by atoms with Crippen molar-refractivity contribution in [1.82, 2.24) is 9.47 Å². The summed E-state index contributed by atoms with van der Waals surface area (Å²) in [4.78, 5) is 25.4. The number of aliphatic hydroxyl groups is 1. The van der Waals surface area contributed by atoms with Crippen LogP contribution >= 0.6 is 0 Å². The van der Waals surface area contributed by atoms with Crippen LogP contribution < -0.4 is 5.76 Å². The second-order valence-corrected chi connectivity index (χ2v) is 5.25. The fraction of sp³-hybridized carbons (Fsp3) is 0.429. The lowest BCUT2D eigenvalue weighted by molar-refractivity contribution is -0.156. The molecule has 1 aliphatic rings. The largest absolute Gasteiger partial charge is 0.420 e. The van der Waals surface area contributed by atoms with E-state index in [0.29, 0.717) is 30.6 Å². The van der Waals surface area contributed by atoms with E-state index >= 15 is 0 Å². The van der Waals surface area contributed by atoms with Crippen molar-refractivity contribution in [2.75, 3.05) is 13.1 Å². The summed E-state index contributed by atoms with van der Waals surface area (Å²) < 4.78 is 6.40. The van der Waals surface area contributed by atoms with Crippen LogP contribution in [0.2, 0.25) is 0 Å². The van der Waals surface area contributed by atoms with Crippen LogP contribution in [0.5, 0.6) is 0 Å². The molecule has 0 unspecified atom stereocenters. The Hall–Kier alpha value is -2.08. The van der Waals surface area contributed by atoms with Crippen LogP contribution in [0.4, 0.5) is 0 Å². The number of para-hydroxylation sites is 2. The molecule has 0 aliphatic carbocycles. The van der Waals surface area contributed by atoms with E-state index in [1.807, 2.05) is 6.92 Å². The SMILES string of the molecule is CCC1(O)CN(C(=O)Cn2c(=O)oc3ccccc32)C1. The zero-order chi connectivity index (χ0) is 14.3. The predicted molar refractivity (Wildman–Crippen MR) is 72.3 cm³/mol. The number of benzene rings is 1. The monoisotopic (exact) mass is 276 g/mol. The molecule has 1 aromatic heterocycles. The van der Waals surface area contributed by atoms with Crippen LogP contribution in [0.1, 0.15) is 13.3 Å². The van der Waals surface area contributed by atoms with Crippen LogP contribution in [0, 0.1) is 0 Å². The van der Waals surface area contributed by atoms with Gasteiger partial charge in [0.1, 0.15) is 6.54 Å². The van der Waals surface area contributed by atoms with Crippen LogP contribution in [0.3, 0.4) is 0 Å². The fourth-order valence-electron chi connectivity index (χ4n) is 2.46. The lowest BCUT2D eigenvalue weighted by Gasteiger charge is -2.46. The highest BCUT2D eigenvalue weighted by Crippen LogP contribution is 2.24. The highest BCUT2D eigenvalue weighted by Gasteiger charge is 2.41. The third-order valence-corrected chi connectivity index (χ3v) is 3.85. The maximum Gasteiger partial charge on any atom is 0.420 e. The number of likely N-dealkylation sites (tertiary alicyclic amines) is 1.